The maximum atomic E-state index is 13.0. The number of hydrogen-bond acceptors (Lipinski definition) is 4. The molecule has 1 aliphatic rings. The van der Waals surface area contributed by atoms with Gasteiger partial charge in [0.15, 0.2) is 0 Å². The number of anilines is 2. The van der Waals surface area contributed by atoms with E-state index < -0.39 is 10.0 Å². The molecule has 0 unspecified atom stereocenters. The monoisotopic (exact) mass is 408 g/mol. The fourth-order valence-corrected chi connectivity index (χ4v) is 5.26. The van der Waals surface area contributed by atoms with Crippen LogP contribution in [0.3, 0.4) is 0 Å². The topological polar surface area (TPSA) is 75.7 Å². The van der Waals surface area contributed by atoms with Gasteiger partial charge in [-0.25, -0.2) is 8.42 Å². The zero-order chi connectivity index (χ0) is 20.6. The summed E-state index contributed by atoms with van der Waals surface area (Å²) in [6, 6.07) is 19.1. The van der Waals surface area contributed by atoms with Crippen molar-refractivity contribution in [3.05, 3.63) is 72.3 Å². The van der Waals surface area contributed by atoms with Crippen LogP contribution in [0.25, 0.3) is 11.1 Å². The number of rotatable bonds is 4. The molecule has 1 N–H and O–H groups in total. The Morgan fingerprint density at radius 3 is 2.48 bits per heavy atom. The minimum absolute atomic E-state index is 0.247. The summed E-state index contributed by atoms with van der Waals surface area (Å²) in [7, 11) is -2.08. The predicted octanol–water partition coefficient (Wildman–Crippen LogP) is 4.14. The van der Waals surface area contributed by atoms with Gasteiger partial charge in [-0.1, -0.05) is 30.3 Å². The number of carbonyl (C=O) groups excluding carboxylic acids is 1. The highest BCUT2D eigenvalue weighted by Crippen LogP contribution is 2.43. The van der Waals surface area contributed by atoms with E-state index in [0.29, 0.717) is 40.4 Å². The fourth-order valence-electron chi connectivity index (χ4n) is 3.56. The minimum Gasteiger partial charge on any atom is -0.495 e. The van der Waals surface area contributed by atoms with Crippen LogP contribution < -0.4 is 14.4 Å². The number of sulfonamides is 1. The molecule has 0 aliphatic carbocycles. The second-order valence-electron chi connectivity index (χ2n) is 6.55. The Balaban J connectivity index is 1.79. The summed E-state index contributed by atoms with van der Waals surface area (Å²) in [5.41, 5.74) is 2.87. The van der Waals surface area contributed by atoms with E-state index in [1.165, 1.54) is 4.31 Å². The van der Waals surface area contributed by atoms with Crippen LogP contribution in [0.4, 0.5) is 11.4 Å². The summed E-state index contributed by atoms with van der Waals surface area (Å²) in [6.45, 7) is 2.09. The van der Waals surface area contributed by atoms with Crippen LogP contribution in [0.2, 0.25) is 0 Å². The first-order chi connectivity index (χ1) is 14.0. The van der Waals surface area contributed by atoms with Gasteiger partial charge < -0.3 is 10.1 Å². The van der Waals surface area contributed by atoms with E-state index in [1.807, 2.05) is 12.1 Å². The first-order valence-corrected chi connectivity index (χ1v) is 10.6. The van der Waals surface area contributed by atoms with E-state index in [-0.39, 0.29) is 10.8 Å². The Kier molecular flexibility index (Phi) is 4.76. The summed E-state index contributed by atoms with van der Waals surface area (Å²) in [5.74, 6) is 0.263. The number of nitrogens with zero attached hydrogens (tertiary/aromatic N) is 1. The van der Waals surface area contributed by atoms with Crippen molar-refractivity contribution in [2.45, 2.75) is 11.8 Å². The number of para-hydroxylation sites is 2. The lowest BCUT2D eigenvalue weighted by Gasteiger charge is -2.31. The molecule has 0 radical (unpaired) electrons. The molecule has 3 aromatic carbocycles. The van der Waals surface area contributed by atoms with Crippen LogP contribution >= 0.6 is 0 Å². The fraction of sp³-hybridized carbons (Fsp3) is 0.136. The van der Waals surface area contributed by atoms with Gasteiger partial charge in [-0.05, 0) is 43.3 Å². The number of methoxy groups -OCH3 is 1. The van der Waals surface area contributed by atoms with Crippen molar-refractivity contribution < 1.29 is 17.9 Å². The molecule has 7 heteroatoms. The van der Waals surface area contributed by atoms with Crippen molar-refractivity contribution in [2.24, 2.45) is 0 Å². The van der Waals surface area contributed by atoms with Crippen molar-refractivity contribution in [3.8, 4) is 16.9 Å². The van der Waals surface area contributed by atoms with Crippen molar-refractivity contribution >= 4 is 27.3 Å². The van der Waals surface area contributed by atoms with Gasteiger partial charge in [0.2, 0.25) is 0 Å². The van der Waals surface area contributed by atoms with Crippen molar-refractivity contribution in [1.82, 2.24) is 0 Å². The molecule has 0 spiro atoms. The Morgan fingerprint density at radius 1 is 1.00 bits per heavy atom. The lowest BCUT2D eigenvalue weighted by atomic mass is 10.00. The Morgan fingerprint density at radius 2 is 1.72 bits per heavy atom. The minimum atomic E-state index is -3.62. The van der Waals surface area contributed by atoms with Gasteiger partial charge in [-0.3, -0.25) is 9.10 Å². The molecule has 0 saturated heterocycles. The number of benzene rings is 3. The largest absolute Gasteiger partial charge is 0.495 e. The van der Waals surface area contributed by atoms with E-state index >= 15 is 0 Å². The zero-order valence-electron chi connectivity index (χ0n) is 16.0. The second-order valence-corrected chi connectivity index (χ2v) is 8.38. The van der Waals surface area contributed by atoms with Crippen molar-refractivity contribution in [3.63, 3.8) is 0 Å². The Labute approximate surface area is 169 Å². The summed E-state index contributed by atoms with van der Waals surface area (Å²) in [6.07, 6.45) is 0. The number of hydrogen-bond donors (Lipinski definition) is 1. The standard InChI is InChI=1S/C22H20N2O4S/c1-3-24-19-13-12-15(22(25)23-18-9-5-6-10-20(18)28-2)14-17(19)16-8-4-7-11-21(16)29(24,26)27/h4-14H,3H2,1-2H3,(H,23,25). The third-order valence-electron chi connectivity index (χ3n) is 4.92. The highest BCUT2D eigenvalue weighted by molar-refractivity contribution is 7.93. The number of fused-ring (bicyclic) bond motifs is 3. The molecular weight excluding hydrogens is 388 g/mol. The van der Waals surface area contributed by atoms with Crippen molar-refractivity contribution in [1.29, 1.82) is 0 Å². The van der Waals surface area contributed by atoms with Crippen LogP contribution in [0.1, 0.15) is 17.3 Å². The normalized spacial score (nSPS) is 13.9. The molecule has 29 heavy (non-hydrogen) atoms. The van der Waals surface area contributed by atoms with Gasteiger partial charge in [0, 0.05) is 23.2 Å². The molecule has 1 aliphatic heterocycles. The van der Waals surface area contributed by atoms with E-state index in [2.05, 4.69) is 5.32 Å². The first kappa shape index (κ1) is 19.0. The van der Waals surface area contributed by atoms with Crippen LogP contribution in [-0.2, 0) is 10.0 Å². The highest BCUT2D eigenvalue weighted by Gasteiger charge is 2.34. The van der Waals surface area contributed by atoms with E-state index in [1.54, 1.807) is 68.6 Å². The maximum absolute atomic E-state index is 13.0. The zero-order valence-corrected chi connectivity index (χ0v) is 16.9. The van der Waals surface area contributed by atoms with Gasteiger partial charge >= 0.3 is 0 Å². The lowest BCUT2D eigenvalue weighted by molar-refractivity contribution is 0.102. The summed E-state index contributed by atoms with van der Waals surface area (Å²) in [5, 5.41) is 2.85. The summed E-state index contributed by atoms with van der Waals surface area (Å²) >= 11 is 0. The smallest absolute Gasteiger partial charge is 0.264 e. The maximum Gasteiger partial charge on any atom is 0.264 e. The molecule has 1 heterocycles. The Bertz CT molecular complexity index is 1200. The molecule has 6 nitrogen and oxygen atoms in total. The number of carbonyl (C=O) groups is 1. The molecule has 3 aromatic rings. The highest BCUT2D eigenvalue weighted by atomic mass is 32.2. The van der Waals surface area contributed by atoms with E-state index in [4.69, 9.17) is 4.74 Å². The number of nitrogens with one attached hydrogen (secondary N) is 1. The summed E-state index contributed by atoms with van der Waals surface area (Å²) < 4.78 is 32.6. The molecule has 0 bridgehead atoms. The molecule has 1 amide bonds. The second kappa shape index (κ2) is 7.25. The predicted molar refractivity (Wildman–Crippen MR) is 113 cm³/mol. The third-order valence-corrected chi connectivity index (χ3v) is 6.86. The average Bonchev–Trinajstić information content (AvgIpc) is 2.74. The molecule has 148 valence electrons. The van der Waals surface area contributed by atoms with E-state index in [0.717, 1.165) is 0 Å². The van der Waals surface area contributed by atoms with Gasteiger partial charge in [-0.2, -0.15) is 0 Å². The van der Waals surface area contributed by atoms with Crippen LogP contribution in [0.5, 0.6) is 5.75 Å². The van der Waals surface area contributed by atoms with Gasteiger partial charge in [0.05, 0.1) is 23.4 Å². The van der Waals surface area contributed by atoms with Gasteiger partial charge in [-0.15, -0.1) is 0 Å². The van der Waals surface area contributed by atoms with Crippen LogP contribution in [0.15, 0.2) is 71.6 Å². The van der Waals surface area contributed by atoms with Crippen LogP contribution in [0, 0.1) is 0 Å². The van der Waals surface area contributed by atoms with E-state index in [9.17, 15) is 13.2 Å². The Hall–Kier alpha value is -3.32. The molecular formula is C22H20N2O4S. The third kappa shape index (κ3) is 3.13. The first-order valence-electron chi connectivity index (χ1n) is 9.18. The summed E-state index contributed by atoms with van der Waals surface area (Å²) in [4.78, 5) is 13.1. The van der Waals surface area contributed by atoms with Crippen LogP contribution in [-0.4, -0.2) is 28.0 Å². The molecule has 0 fully saturated rings. The molecule has 0 atom stereocenters. The average molecular weight is 408 g/mol. The quantitative estimate of drug-likeness (QED) is 0.704. The molecule has 0 saturated carbocycles. The van der Waals surface area contributed by atoms with Gasteiger partial charge in [0.25, 0.3) is 15.9 Å². The molecule has 0 aromatic heterocycles. The SMILES string of the molecule is CCN1c2ccc(C(=O)Nc3ccccc3OC)cc2-c2ccccc2S1(=O)=O. The molecule has 4 rings (SSSR count). The number of amides is 1. The lowest BCUT2D eigenvalue weighted by Crippen LogP contribution is -2.34. The van der Waals surface area contributed by atoms with Crippen molar-refractivity contribution in [2.75, 3.05) is 23.3 Å². The number of ether oxygens (including phenoxy) is 1. The van der Waals surface area contributed by atoms with Gasteiger partial charge in [0.1, 0.15) is 5.75 Å².